The molecule has 2 rings (SSSR count). The standard InChI is InChI=1S/C17H32N2O3/c1-2-22-17(21)19-12-9-15(10-13-19)18-11-5-7-14-6-3-4-8-16(14)20/h14-16,18,20H,2-13H2,1H3. The third-order valence-corrected chi connectivity index (χ3v) is 5.07. The normalized spacial score (nSPS) is 26.9. The van der Waals surface area contributed by atoms with Crippen molar-refractivity contribution < 1.29 is 14.6 Å². The van der Waals surface area contributed by atoms with Gasteiger partial charge in [0.25, 0.3) is 0 Å². The van der Waals surface area contributed by atoms with Crippen LogP contribution in [0.4, 0.5) is 4.79 Å². The number of hydrogen-bond donors (Lipinski definition) is 2. The number of aliphatic hydroxyl groups excluding tert-OH is 1. The lowest BCUT2D eigenvalue weighted by Gasteiger charge is -2.32. The number of ether oxygens (including phenoxy) is 1. The summed E-state index contributed by atoms with van der Waals surface area (Å²) in [6.07, 6.45) is 8.69. The zero-order valence-electron chi connectivity index (χ0n) is 13.9. The van der Waals surface area contributed by atoms with Crippen LogP contribution in [0.15, 0.2) is 0 Å². The van der Waals surface area contributed by atoms with Crippen molar-refractivity contribution >= 4 is 6.09 Å². The van der Waals surface area contributed by atoms with Crippen LogP contribution in [0, 0.1) is 5.92 Å². The largest absolute Gasteiger partial charge is 0.450 e. The van der Waals surface area contributed by atoms with Gasteiger partial charge in [-0.2, -0.15) is 0 Å². The molecule has 2 N–H and O–H groups in total. The van der Waals surface area contributed by atoms with Crippen molar-refractivity contribution in [2.24, 2.45) is 5.92 Å². The highest BCUT2D eigenvalue weighted by Crippen LogP contribution is 2.27. The molecule has 0 spiro atoms. The minimum atomic E-state index is -0.174. The molecule has 0 aromatic rings. The fourth-order valence-electron chi connectivity index (χ4n) is 3.68. The van der Waals surface area contributed by atoms with Gasteiger partial charge in [0, 0.05) is 19.1 Å². The second-order valence-corrected chi connectivity index (χ2v) is 6.67. The molecule has 0 aromatic carbocycles. The van der Waals surface area contributed by atoms with E-state index >= 15 is 0 Å². The smallest absolute Gasteiger partial charge is 0.409 e. The Morgan fingerprint density at radius 2 is 1.95 bits per heavy atom. The van der Waals surface area contributed by atoms with Gasteiger partial charge in [0.05, 0.1) is 12.7 Å². The first-order chi connectivity index (χ1) is 10.7. The van der Waals surface area contributed by atoms with Gasteiger partial charge in [0.15, 0.2) is 0 Å². The predicted octanol–water partition coefficient (Wildman–Crippen LogP) is 2.53. The van der Waals surface area contributed by atoms with Crippen LogP contribution in [0.2, 0.25) is 0 Å². The first-order valence-corrected chi connectivity index (χ1v) is 9.04. The van der Waals surface area contributed by atoms with Gasteiger partial charge in [0.1, 0.15) is 0 Å². The molecule has 2 aliphatic rings. The number of nitrogens with zero attached hydrogens (tertiary/aromatic N) is 1. The molecule has 0 bridgehead atoms. The Bertz CT molecular complexity index is 330. The van der Waals surface area contributed by atoms with Crippen LogP contribution in [0.5, 0.6) is 0 Å². The summed E-state index contributed by atoms with van der Waals surface area (Å²) in [7, 11) is 0. The fraction of sp³-hybridized carbons (Fsp3) is 0.941. The van der Waals surface area contributed by atoms with E-state index in [0.717, 1.165) is 51.7 Å². The zero-order valence-corrected chi connectivity index (χ0v) is 13.9. The van der Waals surface area contributed by atoms with Gasteiger partial charge < -0.3 is 20.1 Å². The topological polar surface area (TPSA) is 61.8 Å². The molecule has 5 nitrogen and oxygen atoms in total. The molecule has 1 aliphatic carbocycles. The summed E-state index contributed by atoms with van der Waals surface area (Å²) in [5, 5.41) is 13.6. The Hall–Kier alpha value is -0.810. The average Bonchev–Trinajstić information content (AvgIpc) is 2.54. The van der Waals surface area contributed by atoms with Crippen molar-refractivity contribution in [3.05, 3.63) is 0 Å². The van der Waals surface area contributed by atoms with E-state index in [9.17, 15) is 9.90 Å². The lowest BCUT2D eigenvalue weighted by Crippen LogP contribution is -2.45. The molecule has 1 saturated carbocycles. The summed E-state index contributed by atoms with van der Waals surface area (Å²) in [5.74, 6) is 0.515. The quantitative estimate of drug-likeness (QED) is 0.740. The molecule has 22 heavy (non-hydrogen) atoms. The number of carbonyl (C=O) groups excluding carboxylic acids is 1. The molecule has 2 atom stereocenters. The minimum Gasteiger partial charge on any atom is -0.450 e. The lowest BCUT2D eigenvalue weighted by molar-refractivity contribution is 0.0640. The summed E-state index contributed by atoms with van der Waals surface area (Å²) in [4.78, 5) is 13.4. The molecule has 5 heteroatoms. The van der Waals surface area contributed by atoms with E-state index in [-0.39, 0.29) is 12.2 Å². The van der Waals surface area contributed by atoms with Gasteiger partial charge in [-0.15, -0.1) is 0 Å². The van der Waals surface area contributed by atoms with E-state index in [1.165, 1.54) is 19.3 Å². The summed E-state index contributed by atoms with van der Waals surface area (Å²) >= 11 is 0. The Morgan fingerprint density at radius 3 is 2.64 bits per heavy atom. The van der Waals surface area contributed by atoms with Crippen molar-refractivity contribution in [3.8, 4) is 0 Å². The third kappa shape index (κ3) is 5.43. The van der Waals surface area contributed by atoms with E-state index in [0.29, 0.717) is 18.6 Å². The maximum absolute atomic E-state index is 11.6. The van der Waals surface area contributed by atoms with Gasteiger partial charge in [-0.1, -0.05) is 12.8 Å². The van der Waals surface area contributed by atoms with Crippen LogP contribution in [-0.2, 0) is 4.74 Å². The number of amides is 1. The van der Waals surface area contributed by atoms with E-state index in [1.54, 1.807) is 4.90 Å². The fourth-order valence-corrected chi connectivity index (χ4v) is 3.68. The molecule has 0 radical (unpaired) electrons. The van der Waals surface area contributed by atoms with E-state index < -0.39 is 0 Å². The van der Waals surface area contributed by atoms with Crippen LogP contribution in [0.3, 0.4) is 0 Å². The van der Waals surface area contributed by atoms with Crippen LogP contribution < -0.4 is 5.32 Å². The SMILES string of the molecule is CCOC(=O)N1CCC(NCCCC2CCCCC2O)CC1. The number of aliphatic hydroxyl groups is 1. The van der Waals surface area contributed by atoms with Crippen molar-refractivity contribution in [1.29, 1.82) is 0 Å². The number of nitrogens with one attached hydrogen (secondary N) is 1. The number of carbonyl (C=O) groups is 1. The molecule has 2 unspecified atom stereocenters. The molecule has 1 heterocycles. The van der Waals surface area contributed by atoms with Crippen molar-refractivity contribution in [1.82, 2.24) is 10.2 Å². The Kier molecular flexibility index (Phi) is 7.46. The maximum atomic E-state index is 11.6. The third-order valence-electron chi connectivity index (χ3n) is 5.07. The number of hydrogen-bond acceptors (Lipinski definition) is 4. The van der Waals surface area contributed by atoms with Crippen molar-refractivity contribution in [2.45, 2.75) is 70.4 Å². The minimum absolute atomic E-state index is 0.0680. The second-order valence-electron chi connectivity index (χ2n) is 6.67. The predicted molar refractivity (Wildman–Crippen MR) is 86.8 cm³/mol. The van der Waals surface area contributed by atoms with Crippen LogP contribution in [0.1, 0.15) is 58.3 Å². The highest BCUT2D eigenvalue weighted by molar-refractivity contribution is 5.67. The van der Waals surface area contributed by atoms with Gasteiger partial charge in [-0.05, 0) is 57.9 Å². The van der Waals surface area contributed by atoms with Gasteiger partial charge in [-0.3, -0.25) is 0 Å². The molecule has 0 aromatic heterocycles. The molecule has 1 amide bonds. The van der Waals surface area contributed by atoms with E-state index in [4.69, 9.17) is 4.74 Å². The molecule has 1 aliphatic heterocycles. The van der Waals surface area contributed by atoms with Crippen molar-refractivity contribution in [2.75, 3.05) is 26.2 Å². The summed E-state index contributed by atoms with van der Waals surface area (Å²) in [5.41, 5.74) is 0. The second kappa shape index (κ2) is 9.36. The van der Waals surface area contributed by atoms with Gasteiger partial charge in [0.2, 0.25) is 0 Å². The van der Waals surface area contributed by atoms with E-state index in [2.05, 4.69) is 5.32 Å². The van der Waals surface area contributed by atoms with Gasteiger partial charge >= 0.3 is 6.09 Å². The highest BCUT2D eigenvalue weighted by Gasteiger charge is 2.24. The van der Waals surface area contributed by atoms with Gasteiger partial charge in [-0.25, -0.2) is 4.79 Å². The lowest BCUT2D eigenvalue weighted by atomic mass is 9.83. The molecular weight excluding hydrogens is 280 g/mol. The van der Waals surface area contributed by atoms with Crippen LogP contribution in [0.25, 0.3) is 0 Å². The average molecular weight is 312 g/mol. The first-order valence-electron chi connectivity index (χ1n) is 9.04. The molecule has 1 saturated heterocycles. The number of rotatable bonds is 6. The molecule has 128 valence electrons. The molecule has 2 fully saturated rings. The Balaban J connectivity index is 1.54. The Morgan fingerprint density at radius 1 is 1.23 bits per heavy atom. The summed E-state index contributed by atoms with van der Waals surface area (Å²) < 4.78 is 5.04. The maximum Gasteiger partial charge on any atom is 0.409 e. The zero-order chi connectivity index (χ0) is 15.8. The van der Waals surface area contributed by atoms with E-state index in [1.807, 2.05) is 6.92 Å². The molecular formula is C17H32N2O3. The van der Waals surface area contributed by atoms with Crippen molar-refractivity contribution in [3.63, 3.8) is 0 Å². The Labute approximate surface area is 134 Å². The van der Waals surface area contributed by atoms with Crippen LogP contribution >= 0.6 is 0 Å². The summed E-state index contributed by atoms with van der Waals surface area (Å²) in [6.45, 7) is 4.89. The number of likely N-dealkylation sites (tertiary alicyclic amines) is 1. The first kappa shape index (κ1) is 17.5. The highest BCUT2D eigenvalue weighted by atomic mass is 16.6. The monoisotopic (exact) mass is 312 g/mol. The van der Waals surface area contributed by atoms with Crippen LogP contribution in [-0.4, -0.2) is 54.5 Å². The number of piperidine rings is 1. The summed E-state index contributed by atoms with van der Waals surface area (Å²) in [6, 6.07) is 0.516.